The summed E-state index contributed by atoms with van der Waals surface area (Å²) in [6, 6.07) is 10.5. The molecule has 2 aromatic rings. The first kappa shape index (κ1) is 23.3. The smallest absolute Gasteiger partial charge is 0.254 e. The SMILES string of the molecule is CCN1C(=O)CN(C(=O)c2ccc(C3=NOC(C)(c4cc(Cl)cc(Cl)c4)C3)c(C)c2)CC1=O. The maximum absolute atomic E-state index is 12.9. The molecule has 0 N–H and O–H groups in total. The summed E-state index contributed by atoms with van der Waals surface area (Å²) in [6.45, 7) is 5.62. The van der Waals surface area contributed by atoms with Crippen LogP contribution in [-0.4, -0.2) is 52.9 Å². The highest BCUT2D eigenvalue weighted by Crippen LogP contribution is 2.38. The lowest BCUT2D eigenvalue weighted by Crippen LogP contribution is -2.55. The fourth-order valence-corrected chi connectivity index (χ4v) is 4.72. The third kappa shape index (κ3) is 4.48. The summed E-state index contributed by atoms with van der Waals surface area (Å²) >= 11 is 12.3. The van der Waals surface area contributed by atoms with E-state index in [9.17, 15) is 14.4 Å². The van der Waals surface area contributed by atoms with E-state index in [1.165, 1.54) is 9.80 Å². The molecule has 0 saturated carbocycles. The van der Waals surface area contributed by atoms with Gasteiger partial charge in [0.15, 0.2) is 5.60 Å². The quantitative estimate of drug-likeness (QED) is 0.606. The predicted octanol–water partition coefficient (Wildman–Crippen LogP) is 4.17. The summed E-state index contributed by atoms with van der Waals surface area (Å²) in [5.74, 6) is -1.09. The topological polar surface area (TPSA) is 79.3 Å². The molecule has 2 aromatic carbocycles. The van der Waals surface area contributed by atoms with Gasteiger partial charge in [0.05, 0.1) is 5.71 Å². The Morgan fingerprint density at radius 2 is 1.73 bits per heavy atom. The van der Waals surface area contributed by atoms with E-state index in [0.717, 1.165) is 22.4 Å². The number of likely N-dealkylation sites (N-methyl/N-ethyl adjacent to an activating group) is 1. The van der Waals surface area contributed by atoms with E-state index < -0.39 is 5.60 Å². The number of hydrogen-bond donors (Lipinski definition) is 0. The minimum Gasteiger partial charge on any atom is -0.384 e. The first-order chi connectivity index (χ1) is 15.6. The standard InChI is InChI=1S/C24H23Cl2N3O4/c1-4-29-21(30)12-28(13-22(29)31)23(32)15-5-6-19(14(2)7-15)20-11-24(3,33-27-20)16-8-17(25)10-18(26)9-16/h5-10H,4,11-13H2,1-3H3. The summed E-state index contributed by atoms with van der Waals surface area (Å²) in [4.78, 5) is 45.5. The number of nitrogens with zero attached hydrogens (tertiary/aromatic N) is 3. The maximum atomic E-state index is 12.9. The molecule has 0 aromatic heterocycles. The van der Waals surface area contributed by atoms with Crippen molar-refractivity contribution in [2.75, 3.05) is 19.6 Å². The van der Waals surface area contributed by atoms with Crippen LogP contribution in [-0.2, 0) is 20.0 Å². The van der Waals surface area contributed by atoms with Crippen LogP contribution in [0.2, 0.25) is 10.0 Å². The number of carbonyl (C=O) groups excluding carboxylic acids is 3. The van der Waals surface area contributed by atoms with E-state index in [0.29, 0.717) is 28.6 Å². The van der Waals surface area contributed by atoms with Crippen molar-refractivity contribution in [1.29, 1.82) is 0 Å². The van der Waals surface area contributed by atoms with E-state index in [2.05, 4.69) is 5.16 Å². The van der Waals surface area contributed by atoms with Crippen LogP contribution in [0.1, 0.15) is 47.3 Å². The largest absolute Gasteiger partial charge is 0.384 e. The number of halogens is 2. The van der Waals surface area contributed by atoms with Gasteiger partial charge in [-0.15, -0.1) is 0 Å². The van der Waals surface area contributed by atoms with Gasteiger partial charge in [-0.2, -0.15) is 0 Å². The number of piperazine rings is 1. The third-order valence-electron chi connectivity index (χ3n) is 5.98. The van der Waals surface area contributed by atoms with Crippen molar-refractivity contribution in [2.24, 2.45) is 5.16 Å². The Bertz CT molecular complexity index is 1160. The molecule has 7 nitrogen and oxygen atoms in total. The number of rotatable bonds is 4. The van der Waals surface area contributed by atoms with Gasteiger partial charge in [-0.1, -0.05) is 34.4 Å². The van der Waals surface area contributed by atoms with Gasteiger partial charge in [0.1, 0.15) is 13.1 Å². The van der Waals surface area contributed by atoms with Crippen molar-refractivity contribution in [1.82, 2.24) is 9.80 Å². The minimum absolute atomic E-state index is 0.111. The van der Waals surface area contributed by atoms with Gasteiger partial charge in [0.25, 0.3) is 5.91 Å². The van der Waals surface area contributed by atoms with Crippen molar-refractivity contribution in [2.45, 2.75) is 32.8 Å². The lowest BCUT2D eigenvalue weighted by atomic mass is 9.88. The molecule has 0 bridgehead atoms. The van der Waals surface area contributed by atoms with Crippen molar-refractivity contribution in [3.05, 3.63) is 68.7 Å². The van der Waals surface area contributed by atoms with Gasteiger partial charge < -0.3 is 9.74 Å². The van der Waals surface area contributed by atoms with Crippen molar-refractivity contribution < 1.29 is 19.2 Å². The molecule has 172 valence electrons. The molecule has 33 heavy (non-hydrogen) atoms. The zero-order chi connectivity index (χ0) is 23.9. The molecule has 0 spiro atoms. The van der Waals surface area contributed by atoms with Crippen molar-refractivity contribution in [3.8, 4) is 0 Å². The summed E-state index contributed by atoms with van der Waals surface area (Å²) in [6.07, 6.45) is 0.500. The molecule has 1 saturated heterocycles. The Hall–Kier alpha value is -2.90. The van der Waals surface area contributed by atoms with Crippen LogP contribution in [0.3, 0.4) is 0 Å². The Labute approximate surface area is 201 Å². The minimum atomic E-state index is -0.718. The zero-order valence-electron chi connectivity index (χ0n) is 18.5. The molecule has 9 heteroatoms. The summed E-state index contributed by atoms with van der Waals surface area (Å²) < 4.78 is 0. The second kappa shape index (κ2) is 8.80. The fraction of sp³-hybridized carbons (Fsp3) is 0.333. The number of imide groups is 1. The van der Waals surface area contributed by atoms with Gasteiger partial charge >= 0.3 is 0 Å². The van der Waals surface area contributed by atoms with Gasteiger partial charge in [-0.05, 0) is 56.7 Å². The van der Waals surface area contributed by atoms with Gasteiger partial charge in [0, 0.05) is 39.7 Å². The second-order valence-electron chi connectivity index (χ2n) is 8.42. The molecule has 2 aliphatic rings. The number of amides is 3. The fourth-order valence-electron chi connectivity index (χ4n) is 4.19. The Kier molecular flexibility index (Phi) is 6.20. The molecule has 3 amide bonds. The number of hydrogen-bond acceptors (Lipinski definition) is 5. The highest BCUT2D eigenvalue weighted by molar-refractivity contribution is 6.34. The van der Waals surface area contributed by atoms with Crippen LogP contribution in [0.4, 0.5) is 0 Å². The zero-order valence-corrected chi connectivity index (χ0v) is 20.0. The Morgan fingerprint density at radius 1 is 1.09 bits per heavy atom. The molecule has 0 aliphatic carbocycles. The maximum Gasteiger partial charge on any atom is 0.254 e. The first-order valence-electron chi connectivity index (χ1n) is 10.6. The van der Waals surface area contributed by atoms with Crippen LogP contribution in [0.15, 0.2) is 41.6 Å². The summed E-state index contributed by atoms with van der Waals surface area (Å²) in [7, 11) is 0. The highest BCUT2D eigenvalue weighted by Gasteiger charge is 2.38. The summed E-state index contributed by atoms with van der Waals surface area (Å²) in [5, 5.41) is 5.34. The van der Waals surface area contributed by atoms with Gasteiger partial charge in [-0.25, -0.2) is 0 Å². The molecule has 1 unspecified atom stereocenters. The van der Waals surface area contributed by atoms with E-state index in [4.69, 9.17) is 28.0 Å². The molecule has 1 atom stereocenters. The summed E-state index contributed by atoms with van der Waals surface area (Å²) in [5.41, 5.74) is 2.94. The van der Waals surface area contributed by atoms with E-state index >= 15 is 0 Å². The lowest BCUT2D eigenvalue weighted by Gasteiger charge is -2.32. The van der Waals surface area contributed by atoms with E-state index in [1.54, 1.807) is 37.3 Å². The Morgan fingerprint density at radius 3 is 2.30 bits per heavy atom. The van der Waals surface area contributed by atoms with Crippen LogP contribution in [0, 0.1) is 6.92 Å². The number of benzene rings is 2. The molecule has 4 rings (SSSR count). The highest BCUT2D eigenvalue weighted by atomic mass is 35.5. The third-order valence-corrected chi connectivity index (χ3v) is 6.41. The van der Waals surface area contributed by atoms with Gasteiger partial charge in [-0.3, -0.25) is 19.3 Å². The van der Waals surface area contributed by atoms with Crippen LogP contribution in [0.5, 0.6) is 0 Å². The van der Waals surface area contributed by atoms with Crippen LogP contribution < -0.4 is 0 Å². The van der Waals surface area contributed by atoms with Gasteiger partial charge in [0.2, 0.25) is 11.8 Å². The monoisotopic (exact) mass is 487 g/mol. The van der Waals surface area contributed by atoms with E-state index in [1.807, 2.05) is 19.9 Å². The average Bonchev–Trinajstić information content (AvgIpc) is 3.15. The van der Waals surface area contributed by atoms with Crippen LogP contribution in [0.25, 0.3) is 0 Å². The normalized spacial score (nSPS) is 20.7. The van der Waals surface area contributed by atoms with Crippen molar-refractivity contribution >= 4 is 46.6 Å². The number of oxime groups is 1. The Balaban J connectivity index is 1.52. The number of carbonyl (C=O) groups is 3. The van der Waals surface area contributed by atoms with Crippen molar-refractivity contribution in [3.63, 3.8) is 0 Å². The molecule has 2 aliphatic heterocycles. The lowest BCUT2D eigenvalue weighted by molar-refractivity contribution is -0.149. The molecule has 2 heterocycles. The molecule has 1 fully saturated rings. The first-order valence-corrected chi connectivity index (χ1v) is 11.3. The van der Waals surface area contributed by atoms with E-state index in [-0.39, 0.29) is 30.8 Å². The predicted molar refractivity (Wildman–Crippen MR) is 126 cm³/mol. The second-order valence-corrected chi connectivity index (χ2v) is 9.29. The van der Waals surface area contributed by atoms with Crippen LogP contribution >= 0.6 is 23.2 Å². The molecular weight excluding hydrogens is 465 g/mol. The molecular formula is C24H23Cl2N3O4. The molecule has 0 radical (unpaired) electrons. The average molecular weight is 488 g/mol. The number of aryl methyl sites for hydroxylation is 1.